The molecule has 0 saturated carbocycles. The fraction of sp³-hybridized carbons (Fsp3) is 0.226. The summed E-state index contributed by atoms with van der Waals surface area (Å²) in [5, 5.41) is 2.90. The van der Waals surface area contributed by atoms with Crippen LogP contribution in [-0.4, -0.2) is 47.4 Å². The second kappa shape index (κ2) is 11.8. The number of piperidine rings is 1. The monoisotopic (exact) mass is 523 g/mol. The summed E-state index contributed by atoms with van der Waals surface area (Å²) in [6.07, 6.45) is 4.75. The predicted molar refractivity (Wildman–Crippen MR) is 147 cm³/mol. The van der Waals surface area contributed by atoms with E-state index < -0.39 is 5.97 Å². The number of hydrogen-bond acceptors (Lipinski definition) is 6. The quantitative estimate of drug-likeness (QED) is 0.308. The summed E-state index contributed by atoms with van der Waals surface area (Å²) in [6, 6.07) is 21.7. The number of nitrogens with one attached hydrogen (secondary N) is 1. The van der Waals surface area contributed by atoms with Gasteiger partial charge >= 0.3 is 5.97 Å². The van der Waals surface area contributed by atoms with E-state index in [1.165, 1.54) is 12.0 Å². The Morgan fingerprint density at radius 1 is 0.949 bits per heavy atom. The highest BCUT2D eigenvalue weighted by molar-refractivity contribution is 6.04. The molecule has 5 rings (SSSR count). The summed E-state index contributed by atoms with van der Waals surface area (Å²) in [6.45, 7) is 3.40. The number of aromatic nitrogens is 1. The van der Waals surface area contributed by atoms with Crippen LogP contribution in [0, 0.1) is 0 Å². The number of carbonyl (C=O) groups is 3. The maximum atomic E-state index is 13.1. The third-order valence-electron chi connectivity index (χ3n) is 6.91. The molecule has 1 fully saturated rings. The van der Waals surface area contributed by atoms with Crippen LogP contribution in [0.15, 0.2) is 89.8 Å². The standard InChI is InChI=1S/C31H29N3O5/c1-2-38-31(37)24-8-6-23(7-9-24)29(35)33-27-12-10-21(11-13-27)22-14-16-34(17-15-22)30(36)26-5-3-4-25(18-26)28-19-32-20-39-28/h3-13,18-20,22H,2,14-17H2,1H3,(H,33,35). The highest BCUT2D eigenvalue weighted by Gasteiger charge is 2.25. The third-order valence-corrected chi connectivity index (χ3v) is 6.91. The second-order valence-electron chi connectivity index (χ2n) is 9.39. The van der Waals surface area contributed by atoms with Crippen molar-refractivity contribution in [2.75, 3.05) is 25.0 Å². The van der Waals surface area contributed by atoms with E-state index in [0.717, 1.165) is 18.4 Å². The van der Waals surface area contributed by atoms with Crippen LogP contribution in [0.3, 0.4) is 0 Å². The fourth-order valence-corrected chi connectivity index (χ4v) is 4.78. The highest BCUT2D eigenvalue weighted by atomic mass is 16.5. The number of carbonyl (C=O) groups excluding carboxylic acids is 3. The molecule has 1 saturated heterocycles. The molecule has 4 aromatic rings. The van der Waals surface area contributed by atoms with Crippen molar-refractivity contribution in [3.05, 3.63) is 108 Å². The van der Waals surface area contributed by atoms with Crippen LogP contribution in [0.5, 0.6) is 0 Å². The van der Waals surface area contributed by atoms with Gasteiger partial charge in [-0.1, -0.05) is 24.3 Å². The first-order valence-electron chi connectivity index (χ1n) is 13.0. The summed E-state index contributed by atoms with van der Waals surface area (Å²) in [4.78, 5) is 43.4. The van der Waals surface area contributed by atoms with Crippen molar-refractivity contribution >= 4 is 23.5 Å². The molecule has 0 unspecified atom stereocenters. The SMILES string of the molecule is CCOC(=O)c1ccc(C(=O)Nc2ccc(C3CCN(C(=O)c4cccc(-c5cnco5)c4)CC3)cc2)cc1. The van der Waals surface area contributed by atoms with Crippen LogP contribution < -0.4 is 5.32 Å². The Morgan fingerprint density at radius 2 is 1.67 bits per heavy atom. The Morgan fingerprint density at radius 3 is 2.33 bits per heavy atom. The van der Waals surface area contributed by atoms with Crippen molar-refractivity contribution in [2.45, 2.75) is 25.7 Å². The molecule has 1 aromatic heterocycles. The van der Waals surface area contributed by atoms with Gasteiger partial charge in [-0.2, -0.15) is 0 Å². The Balaban J connectivity index is 1.15. The van der Waals surface area contributed by atoms with Crippen molar-refractivity contribution in [2.24, 2.45) is 0 Å². The zero-order chi connectivity index (χ0) is 27.2. The molecule has 198 valence electrons. The van der Waals surface area contributed by atoms with E-state index >= 15 is 0 Å². The fourth-order valence-electron chi connectivity index (χ4n) is 4.78. The molecule has 1 aliphatic rings. The van der Waals surface area contributed by atoms with E-state index in [2.05, 4.69) is 10.3 Å². The zero-order valence-corrected chi connectivity index (χ0v) is 21.6. The summed E-state index contributed by atoms with van der Waals surface area (Å²) in [7, 11) is 0. The van der Waals surface area contributed by atoms with Gasteiger partial charge in [-0.15, -0.1) is 0 Å². The lowest BCUT2D eigenvalue weighted by molar-refractivity contribution is 0.0525. The van der Waals surface area contributed by atoms with Crippen LogP contribution in [0.1, 0.15) is 62.3 Å². The van der Waals surface area contributed by atoms with Gasteiger partial charge in [-0.05, 0) is 79.8 Å². The van der Waals surface area contributed by atoms with E-state index in [1.54, 1.807) is 37.4 Å². The lowest BCUT2D eigenvalue weighted by Crippen LogP contribution is -2.37. The maximum absolute atomic E-state index is 13.1. The van der Waals surface area contributed by atoms with Crippen molar-refractivity contribution < 1.29 is 23.5 Å². The molecule has 0 atom stereocenters. The van der Waals surface area contributed by atoms with E-state index in [4.69, 9.17) is 9.15 Å². The molecule has 0 bridgehead atoms. The Bertz CT molecular complexity index is 1440. The number of anilines is 1. The van der Waals surface area contributed by atoms with Gasteiger partial charge < -0.3 is 19.4 Å². The second-order valence-corrected chi connectivity index (χ2v) is 9.39. The maximum Gasteiger partial charge on any atom is 0.338 e. The molecule has 8 heteroatoms. The largest absolute Gasteiger partial charge is 0.462 e. The highest BCUT2D eigenvalue weighted by Crippen LogP contribution is 2.30. The predicted octanol–water partition coefficient (Wildman–Crippen LogP) is 5.79. The van der Waals surface area contributed by atoms with E-state index in [-0.39, 0.29) is 11.8 Å². The first-order valence-corrected chi connectivity index (χ1v) is 13.0. The molecule has 2 heterocycles. The molecular weight excluding hydrogens is 494 g/mol. The first-order chi connectivity index (χ1) is 19.0. The van der Waals surface area contributed by atoms with Crippen molar-refractivity contribution in [1.29, 1.82) is 0 Å². The topological polar surface area (TPSA) is 102 Å². The number of esters is 1. The molecule has 1 aliphatic heterocycles. The van der Waals surface area contributed by atoms with Crippen LogP contribution in [-0.2, 0) is 4.74 Å². The van der Waals surface area contributed by atoms with Gasteiger partial charge in [-0.25, -0.2) is 9.78 Å². The van der Waals surface area contributed by atoms with Crippen LogP contribution in [0.4, 0.5) is 5.69 Å². The summed E-state index contributed by atoms with van der Waals surface area (Å²) < 4.78 is 10.3. The molecule has 0 aliphatic carbocycles. The lowest BCUT2D eigenvalue weighted by Gasteiger charge is -2.32. The lowest BCUT2D eigenvalue weighted by atomic mass is 9.89. The zero-order valence-electron chi connectivity index (χ0n) is 21.6. The smallest absolute Gasteiger partial charge is 0.338 e. The van der Waals surface area contributed by atoms with Crippen LogP contribution in [0.2, 0.25) is 0 Å². The molecule has 39 heavy (non-hydrogen) atoms. The van der Waals surface area contributed by atoms with Gasteiger partial charge in [0.25, 0.3) is 11.8 Å². The van der Waals surface area contributed by atoms with Gasteiger partial charge in [0.1, 0.15) is 0 Å². The minimum atomic E-state index is -0.410. The Hall–Kier alpha value is -4.72. The summed E-state index contributed by atoms with van der Waals surface area (Å²) in [5.41, 5.74) is 4.21. The Kier molecular flexibility index (Phi) is 7.82. The number of ether oxygens (including phenoxy) is 1. The average molecular weight is 524 g/mol. The normalized spacial score (nSPS) is 13.6. The molecule has 0 spiro atoms. The molecule has 8 nitrogen and oxygen atoms in total. The molecule has 3 aromatic carbocycles. The average Bonchev–Trinajstić information content (AvgIpc) is 3.53. The van der Waals surface area contributed by atoms with Crippen LogP contribution in [0.25, 0.3) is 11.3 Å². The number of nitrogens with zero attached hydrogens (tertiary/aromatic N) is 2. The van der Waals surface area contributed by atoms with Crippen molar-refractivity contribution in [1.82, 2.24) is 9.88 Å². The Labute approximate surface area is 226 Å². The van der Waals surface area contributed by atoms with Gasteiger partial charge in [0, 0.05) is 35.5 Å². The molecule has 0 radical (unpaired) electrons. The van der Waals surface area contributed by atoms with Crippen molar-refractivity contribution in [3.8, 4) is 11.3 Å². The number of benzene rings is 3. The number of amides is 2. The number of rotatable bonds is 7. The summed E-state index contributed by atoms with van der Waals surface area (Å²) >= 11 is 0. The third kappa shape index (κ3) is 6.06. The minimum absolute atomic E-state index is 0.0168. The van der Waals surface area contributed by atoms with Gasteiger partial charge in [0.2, 0.25) is 0 Å². The number of oxazole rings is 1. The van der Waals surface area contributed by atoms with Gasteiger partial charge in [0.15, 0.2) is 12.2 Å². The molecular formula is C31H29N3O5. The van der Waals surface area contributed by atoms with E-state index in [1.807, 2.05) is 53.4 Å². The van der Waals surface area contributed by atoms with Crippen molar-refractivity contribution in [3.63, 3.8) is 0 Å². The van der Waals surface area contributed by atoms with Gasteiger partial charge in [0.05, 0.1) is 18.4 Å². The molecule has 1 N–H and O–H groups in total. The number of hydrogen-bond donors (Lipinski definition) is 1. The number of likely N-dealkylation sites (tertiary alicyclic amines) is 1. The molecule has 2 amide bonds. The van der Waals surface area contributed by atoms with E-state index in [9.17, 15) is 14.4 Å². The van der Waals surface area contributed by atoms with Gasteiger partial charge in [-0.3, -0.25) is 9.59 Å². The van der Waals surface area contributed by atoms with E-state index in [0.29, 0.717) is 53.8 Å². The minimum Gasteiger partial charge on any atom is -0.462 e. The van der Waals surface area contributed by atoms with Crippen LogP contribution >= 0.6 is 0 Å². The first kappa shape index (κ1) is 25.9. The summed E-state index contributed by atoms with van der Waals surface area (Å²) in [5.74, 6) is 0.331.